The van der Waals surface area contributed by atoms with E-state index in [9.17, 15) is 14.4 Å². The van der Waals surface area contributed by atoms with Crippen LogP contribution in [0.3, 0.4) is 0 Å². The lowest BCUT2D eigenvalue weighted by molar-refractivity contribution is -0.133. The largest absolute Gasteiger partial charge is 0.338 e. The highest BCUT2D eigenvalue weighted by molar-refractivity contribution is 6.07. The van der Waals surface area contributed by atoms with Crippen LogP contribution in [0.5, 0.6) is 0 Å². The van der Waals surface area contributed by atoms with Crippen molar-refractivity contribution in [3.05, 3.63) is 0 Å². The molecule has 7 heteroatoms. The van der Waals surface area contributed by atoms with E-state index in [1.807, 2.05) is 0 Å². The number of hydrogen-bond donors (Lipinski definition) is 3. The third-order valence-corrected chi connectivity index (χ3v) is 5.61. The molecule has 3 aliphatic heterocycles. The lowest BCUT2D eigenvalue weighted by atomic mass is 9.93. The highest BCUT2D eigenvalue weighted by Crippen LogP contribution is 2.39. The summed E-state index contributed by atoms with van der Waals surface area (Å²) < 4.78 is 0. The average molecular weight is 292 g/mol. The van der Waals surface area contributed by atoms with E-state index in [4.69, 9.17) is 0 Å². The maximum Gasteiger partial charge on any atom is 0.322 e. The van der Waals surface area contributed by atoms with E-state index in [2.05, 4.69) is 16.0 Å². The van der Waals surface area contributed by atoms with Crippen LogP contribution < -0.4 is 16.0 Å². The van der Waals surface area contributed by atoms with Crippen LogP contribution in [0.25, 0.3) is 0 Å². The maximum atomic E-state index is 12.7. The third kappa shape index (κ3) is 1.87. The van der Waals surface area contributed by atoms with Crippen LogP contribution in [0.1, 0.15) is 25.7 Å². The van der Waals surface area contributed by atoms with Crippen molar-refractivity contribution in [1.29, 1.82) is 0 Å². The second-order valence-electron chi connectivity index (χ2n) is 6.74. The topological polar surface area (TPSA) is 90.5 Å². The summed E-state index contributed by atoms with van der Waals surface area (Å²) in [5, 5.41) is 8.32. The van der Waals surface area contributed by atoms with E-state index in [0.29, 0.717) is 31.3 Å². The van der Waals surface area contributed by atoms with Gasteiger partial charge in [-0.15, -0.1) is 0 Å². The predicted molar refractivity (Wildman–Crippen MR) is 73.2 cm³/mol. The molecule has 21 heavy (non-hydrogen) atoms. The van der Waals surface area contributed by atoms with E-state index < -0.39 is 11.6 Å². The first-order valence-corrected chi connectivity index (χ1v) is 7.75. The number of urea groups is 1. The normalized spacial score (nSPS) is 41.5. The molecule has 0 aromatic carbocycles. The predicted octanol–water partition coefficient (Wildman–Crippen LogP) is -0.815. The molecule has 1 spiro atoms. The van der Waals surface area contributed by atoms with Crippen molar-refractivity contribution in [3.63, 3.8) is 0 Å². The molecule has 0 radical (unpaired) electrons. The number of imide groups is 1. The van der Waals surface area contributed by atoms with Gasteiger partial charge < -0.3 is 15.5 Å². The van der Waals surface area contributed by atoms with E-state index in [1.165, 1.54) is 12.8 Å². The molecule has 1 aliphatic carbocycles. The van der Waals surface area contributed by atoms with Crippen molar-refractivity contribution in [3.8, 4) is 0 Å². The molecule has 4 aliphatic rings. The second kappa shape index (κ2) is 4.43. The second-order valence-corrected chi connectivity index (χ2v) is 6.74. The summed E-state index contributed by atoms with van der Waals surface area (Å²) in [5.74, 6) is 0.863. The van der Waals surface area contributed by atoms with Gasteiger partial charge in [-0.2, -0.15) is 0 Å². The standard InChI is InChI=1S/C14H20N4O3/c19-11(10-9-3-1-2-8(9)6-15-10)18-5-4-14(7-18)12(20)16-13(21)17-14/h8-10,15H,1-7H2,(H2,16,17,20,21). The van der Waals surface area contributed by atoms with Gasteiger partial charge in [-0.3, -0.25) is 14.9 Å². The summed E-state index contributed by atoms with van der Waals surface area (Å²) in [7, 11) is 0. The Labute approximate surface area is 122 Å². The lowest BCUT2D eigenvalue weighted by Crippen LogP contribution is -2.52. The molecule has 4 amide bonds. The lowest BCUT2D eigenvalue weighted by Gasteiger charge is -2.26. The highest BCUT2D eigenvalue weighted by Gasteiger charge is 2.53. The smallest absolute Gasteiger partial charge is 0.322 e. The number of carbonyl (C=O) groups is 3. The summed E-state index contributed by atoms with van der Waals surface area (Å²) in [4.78, 5) is 37.7. The SMILES string of the molecule is O=C1NC(=O)C2(CCN(C(=O)C3NCC4CCCC43)C2)N1. The summed E-state index contributed by atoms with van der Waals surface area (Å²) in [6.07, 6.45) is 4.04. The van der Waals surface area contributed by atoms with Crippen molar-refractivity contribution in [2.45, 2.75) is 37.3 Å². The molecule has 3 saturated heterocycles. The molecule has 4 fully saturated rings. The Morgan fingerprint density at radius 1 is 1.29 bits per heavy atom. The summed E-state index contributed by atoms with van der Waals surface area (Å²) >= 11 is 0. The Bertz CT molecular complexity index is 522. The quantitative estimate of drug-likeness (QED) is 0.551. The molecule has 3 N–H and O–H groups in total. The summed E-state index contributed by atoms with van der Waals surface area (Å²) in [6.45, 7) is 1.75. The average Bonchev–Trinajstić information content (AvgIpc) is 3.15. The van der Waals surface area contributed by atoms with Crippen LogP contribution in [-0.2, 0) is 9.59 Å². The molecule has 4 rings (SSSR count). The molecular formula is C14H20N4O3. The molecule has 7 nitrogen and oxygen atoms in total. The van der Waals surface area contributed by atoms with Gasteiger partial charge >= 0.3 is 6.03 Å². The van der Waals surface area contributed by atoms with Crippen LogP contribution in [0.2, 0.25) is 0 Å². The Balaban J connectivity index is 1.47. The van der Waals surface area contributed by atoms with E-state index in [0.717, 1.165) is 13.0 Å². The van der Waals surface area contributed by atoms with Gasteiger partial charge in [-0.25, -0.2) is 4.79 Å². The monoisotopic (exact) mass is 292 g/mol. The fraction of sp³-hybridized carbons (Fsp3) is 0.786. The Hall–Kier alpha value is -1.63. The van der Waals surface area contributed by atoms with E-state index in [-0.39, 0.29) is 17.9 Å². The summed E-state index contributed by atoms with van der Waals surface area (Å²) in [5.41, 5.74) is -0.902. The Kier molecular flexibility index (Phi) is 2.76. The number of likely N-dealkylation sites (tertiary alicyclic amines) is 1. The summed E-state index contributed by atoms with van der Waals surface area (Å²) in [6, 6.07) is -0.558. The number of fused-ring (bicyclic) bond motifs is 1. The van der Waals surface area contributed by atoms with Crippen LogP contribution in [0.4, 0.5) is 4.79 Å². The van der Waals surface area contributed by atoms with Gasteiger partial charge in [0.05, 0.1) is 12.6 Å². The Morgan fingerprint density at radius 3 is 2.90 bits per heavy atom. The zero-order valence-electron chi connectivity index (χ0n) is 11.9. The van der Waals surface area contributed by atoms with Crippen molar-refractivity contribution < 1.29 is 14.4 Å². The van der Waals surface area contributed by atoms with Gasteiger partial charge in [-0.1, -0.05) is 6.42 Å². The minimum Gasteiger partial charge on any atom is -0.338 e. The number of rotatable bonds is 1. The maximum absolute atomic E-state index is 12.7. The minimum atomic E-state index is -0.902. The van der Waals surface area contributed by atoms with Gasteiger partial charge in [0.25, 0.3) is 5.91 Å². The first-order chi connectivity index (χ1) is 10.1. The molecule has 0 aromatic rings. The fourth-order valence-electron chi connectivity index (χ4n) is 4.47. The van der Waals surface area contributed by atoms with Gasteiger partial charge in [-0.05, 0) is 37.6 Å². The van der Waals surface area contributed by atoms with E-state index >= 15 is 0 Å². The third-order valence-electron chi connectivity index (χ3n) is 5.61. The highest BCUT2D eigenvalue weighted by atomic mass is 16.2. The van der Waals surface area contributed by atoms with Crippen molar-refractivity contribution in [1.82, 2.24) is 20.9 Å². The Morgan fingerprint density at radius 2 is 2.14 bits per heavy atom. The van der Waals surface area contributed by atoms with Crippen LogP contribution in [0.15, 0.2) is 0 Å². The van der Waals surface area contributed by atoms with Crippen LogP contribution in [-0.4, -0.2) is 54.0 Å². The number of amides is 4. The zero-order valence-corrected chi connectivity index (χ0v) is 11.9. The molecule has 4 unspecified atom stereocenters. The molecule has 4 atom stereocenters. The molecular weight excluding hydrogens is 272 g/mol. The van der Waals surface area contributed by atoms with Gasteiger partial charge in [0.15, 0.2) is 0 Å². The molecule has 114 valence electrons. The number of carbonyl (C=O) groups excluding carboxylic acids is 3. The number of nitrogens with one attached hydrogen (secondary N) is 3. The van der Waals surface area contributed by atoms with Crippen LogP contribution in [0, 0.1) is 11.8 Å². The van der Waals surface area contributed by atoms with Gasteiger partial charge in [0, 0.05) is 6.54 Å². The van der Waals surface area contributed by atoms with Crippen molar-refractivity contribution in [2.75, 3.05) is 19.6 Å². The van der Waals surface area contributed by atoms with Gasteiger partial charge in [0.1, 0.15) is 5.54 Å². The van der Waals surface area contributed by atoms with Gasteiger partial charge in [0.2, 0.25) is 5.91 Å². The molecule has 3 heterocycles. The van der Waals surface area contributed by atoms with E-state index in [1.54, 1.807) is 4.90 Å². The zero-order chi connectivity index (χ0) is 14.6. The number of nitrogens with zero attached hydrogens (tertiary/aromatic N) is 1. The fourth-order valence-corrected chi connectivity index (χ4v) is 4.47. The molecule has 1 saturated carbocycles. The first kappa shape index (κ1) is 13.1. The molecule has 0 bridgehead atoms. The van der Waals surface area contributed by atoms with Crippen molar-refractivity contribution in [2.24, 2.45) is 11.8 Å². The van der Waals surface area contributed by atoms with Crippen molar-refractivity contribution >= 4 is 17.8 Å². The minimum absolute atomic E-state index is 0.0928. The molecule has 0 aromatic heterocycles. The number of hydrogen-bond acceptors (Lipinski definition) is 4. The first-order valence-electron chi connectivity index (χ1n) is 7.75. The van der Waals surface area contributed by atoms with Crippen LogP contribution >= 0.6 is 0 Å².